The molecule has 1 aliphatic heterocycles. The first-order chi connectivity index (χ1) is 14.9. The van der Waals surface area contributed by atoms with Gasteiger partial charge in [-0.1, -0.05) is 45.0 Å². The highest BCUT2D eigenvalue weighted by Crippen LogP contribution is 2.30. The van der Waals surface area contributed by atoms with E-state index >= 15 is 0 Å². The number of ether oxygens (including phenoxy) is 1. The van der Waals surface area contributed by atoms with E-state index in [0.29, 0.717) is 50.3 Å². The standard InChI is InChI=1S/C18H22F2N4O3.2C2H6/c1-18(19,20)26-14-4-2-3-13(11-14)16-22-17(27-23-16)12-6-9-24(10-7-12)15(25)5-8-21;2*1-2/h2-4,11-12H,5-10,21H2,1H3;2*1-2H3. The number of benzene rings is 1. The number of carbonyl (C=O) groups excluding carboxylic acids is 1. The van der Waals surface area contributed by atoms with Gasteiger partial charge in [0, 0.05) is 44.5 Å². The third-order valence-electron chi connectivity index (χ3n) is 4.39. The van der Waals surface area contributed by atoms with Crippen LogP contribution in [0.15, 0.2) is 28.8 Å². The molecule has 0 aliphatic carbocycles. The van der Waals surface area contributed by atoms with Gasteiger partial charge in [0.2, 0.25) is 17.6 Å². The molecule has 1 aliphatic rings. The molecular weight excluding hydrogens is 406 g/mol. The molecule has 1 saturated heterocycles. The molecule has 2 heterocycles. The van der Waals surface area contributed by atoms with E-state index < -0.39 is 6.11 Å². The van der Waals surface area contributed by atoms with Gasteiger partial charge >= 0.3 is 6.11 Å². The van der Waals surface area contributed by atoms with E-state index in [1.54, 1.807) is 17.0 Å². The maximum Gasteiger partial charge on any atom is 0.394 e. The summed E-state index contributed by atoms with van der Waals surface area (Å²) in [4.78, 5) is 18.1. The Hall–Kier alpha value is -2.55. The molecule has 9 heteroatoms. The van der Waals surface area contributed by atoms with Crippen LogP contribution in [0.5, 0.6) is 5.75 Å². The fourth-order valence-corrected chi connectivity index (χ4v) is 3.08. The molecule has 2 aromatic rings. The van der Waals surface area contributed by atoms with E-state index in [-0.39, 0.29) is 17.6 Å². The molecule has 0 bridgehead atoms. The minimum Gasteiger partial charge on any atom is -0.433 e. The summed E-state index contributed by atoms with van der Waals surface area (Å²) in [6.45, 7) is 10.3. The Morgan fingerprint density at radius 1 is 1.26 bits per heavy atom. The number of piperidine rings is 1. The lowest BCUT2D eigenvalue weighted by atomic mass is 9.96. The lowest BCUT2D eigenvalue weighted by molar-refractivity contribution is -0.158. The van der Waals surface area contributed by atoms with Crippen LogP contribution in [0.4, 0.5) is 8.78 Å². The van der Waals surface area contributed by atoms with Gasteiger partial charge < -0.3 is 19.9 Å². The van der Waals surface area contributed by atoms with Gasteiger partial charge in [0.15, 0.2) is 0 Å². The van der Waals surface area contributed by atoms with Crippen LogP contribution in [0.2, 0.25) is 0 Å². The number of hydrogen-bond acceptors (Lipinski definition) is 6. The molecule has 2 N–H and O–H groups in total. The molecule has 3 rings (SSSR count). The average molecular weight is 441 g/mol. The minimum absolute atomic E-state index is 0.0260. The lowest BCUT2D eigenvalue weighted by Crippen LogP contribution is -2.38. The summed E-state index contributed by atoms with van der Waals surface area (Å²) in [6, 6.07) is 6.17. The van der Waals surface area contributed by atoms with E-state index in [9.17, 15) is 13.6 Å². The van der Waals surface area contributed by atoms with Gasteiger partial charge in [0.05, 0.1) is 0 Å². The Balaban J connectivity index is 0.00000113. The van der Waals surface area contributed by atoms with E-state index in [1.165, 1.54) is 12.1 Å². The summed E-state index contributed by atoms with van der Waals surface area (Å²) in [5.74, 6) is 0.956. The molecular formula is C22H34F2N4O3. The Bertz CT molecular complexity index is 785. The van der Waals surface area contributed by atoms with E-state index in [4.69, 9.17) is 10.3 Å². The van der Waals surface area contributed by atoms with Crippen molar-refractivity contribution in [2.45, 2.75) is 65.9 Å². The molecule has 1 aromatic carbocycles. The van der Waals surface area contributed by atoms with Crippen LogP contribution >= 0.6 is 0 Å². The molecule has 0 spiro atoms. The van der Waals surface area contributed by atoms with Gasteiger partial charge in [0.1, 0.15) is 5.75 Å². The number of nitrogens with zero attached hydrogens (tertiary/aromatic N) is 3. The third-order valence-corrected chi connectivity index (χ3v) is 4.39. The van der Waals surface area contributed by atoms with Crippen molar-refractivity contribution in [3.05, 3.63) is 30.2 Å². The van der Waals surface area contributed by atoms with Crippen LogP contribution in [0.25, 0.3) is 11.4 Å². The van der Waals surface area contributed by atoms with Crippen molar-refractivity contribution in [1.82, 2.24) is 15.0 Å². The second-order valence-electron chi connectivity index (χ2n) is 6.59. The zero-order valence-electron chi connectivity index (χ0n) is 19.0. The smallest absolute Gasteiger partial charge is 0.394 e. The Morgan fingerprint density at radius 2 is 1.90 bits per heavy atom. The molecule has 1 fully saturated rings. The minimum atomic E-state index is -3.27. The summed E-state index contributed by atoms with van der Waals surface area (Å²) in [5.41, 5.74) is 5.96. The number of aromatic nitrogens is 2. The van der Waals surface area contributed by atoms with Crippen LogP contribution in [0.3, 0.4) is 0 Å². The monoisotopic (exact) mass is 440 g/mol. The predicted octanol–water partition coefficient (Wildman–Crippen LogP) is 4.84. The van der Waals surface area contributed by atoms with Crippen LogP contribution in [0, 0.1) is 0 Å². The molecule has 7 nitrogen and oxygen atoms in total. The third kappa shape index (κ3) is 8.24. The zero-order chi connectivity index (χ0) is 23.4. The normalized spacial score (nSPS) is 14.1. The molecule has 1 amide bonds. The number of carbonyl (C=O) groups is 1. The van der Waals surface area contributed by atoms with Crippen molar-refractivity contribution >= 4 is 5.91 Å². The predicted molar refractivity (Wildman–Crippen MR) is 116 cm³/mol. The topological polar surface area (TPSA) is 94.5 Å². The summed E-state index contributed by atoms with van der Waals surface area (Å²) < 4.78 is 36.0. The number of nitrogens with two attached hydrogens (primary N) is 1. The van der Waals surface area contributed by atoms with Crippen molar-refractivity contribution in [1.29, 1.82) is 0 Å². The highest BCUT2D eigenvalue weighted by molar-refractivity contribution is 5.76. The number of likely N-dealkylation sites (tertiary alicyclic amines) is 1. The molecule has 0 atom stereocenters. The van der Waals surface area contributed by atoms with Gasteiger partial charge in [-0.15, -0.1) is 0 Å². The molecule has 31 heavy (non-hydrogen) atoms. The first kappa shape index (κ1) is 26.5. The fourth-order valence-electron chi connectivity index (χ4n) is 3.08. The van der Waals surface area contributed by atoms with Crippen LogP contribution in [-0.2, 0) is 4.79 Å². The second-order valence-corrected chi connectivity index (χ2v) is 6.59. The Labute approximate surface area is 182 Å². The van der Waals surface area contributed by atoms with Crippen LogP contribution < -0.4 is 10.5 Å². The van der Waals surface area contributed by atoms with E-state index in [2.05, 4.69) is 14.9 Å². The van der Waals surface area contributed by atoms with Crippen molar-refractivity contribution in [3.63, 3.8) is 0 Å². The number of amides is 1. The highest BCUT2D eigenvalue weighted by atomic mass is 19.3. The van der Waals surface area contributed by atoms with Crippen LogP contribution in [-0.4, -0.2) is 46.7 Å². The molecule has 174 valence electrons. The highest BCUT2D eigenvalue weighted by Gasteiger charge is 2.28. The number of rotatable bonds is 6. The molecule has 0 saturated carbocycles. The molecule has 1 aromatic heterocycles. The van der Waals surface area contributed by atoms with Gasteiger partial charge in [-0.05, 0) is 25.0 Å². The van der Waals surface area contributed by atoms with Gasteiger partial charge in [-0.3, -0.25) is 4.79 Å². The zero-order valence-corrected chi connectivity index (χ0v) is 19.0. The summed E-state index contributed by atoms with van der Waals surface area (Å²) in [7, 11) is 0. The first-order valence-corrected chi connectivity index (χ1v) is 10.8. The molecule has 0 unspecified atom stereocenters. The Kier molecular flexibility index (Phi) is 11.1. The van der Waals surface area contributed by atoms with Crippen molar-refractivity contribution in [3.8, 4) is 17.1 Å². The first-order valence-electron chi connectivity index (χ1n) is 10.8. The van der Waals surface area contributed by atoms with Crippen molar-refractivity contribution in [2.24, 2.45) is 5.73 Å². The van der Waals surface area contributed by atoms with Gasteiger partial charge in [-0.2, -0.15) is 13.8 Å². The second kappa shape index (κ2) is 13.0. The maximum absolute atomic E-state index is 13.0. The Morgan fingerprint density at radius 3 is 2.48 bits per heavy atom. The molecule has 0 radical (unpaired) electrons. The van der Waals surface area contributed by atoms with E-state index in [0.717, 1.165) is 12.8 Å². The SMILES string of the molecule is CC.CC.CC(F)(F)Oc1cccc(-c2noc(C3CCN(C(=O)CCN)CC3)n2)c1. The van der Waals surface area contributed by atoms with Crippen LogP contribution in [0.1, 0.15) is 65.7 Å². The number of hydrogen-bond donors (Lipinski definition) is 1. The summed E-state index contributed by atoms with van der Waals surface area (Å²) >= 11 is 0. The number of alkyl halides is 2. The van der Waals surface area contributed by atoms with Crippen molar-refractivity contribution < 1.29 is 22.8 Å². The lowest BCUT2D eigenvalue weighted by Gasteiger charge is -2.30. The fraction of sp³-hybridized carbons (Fsp3) is 0.591. The van der Waals surface area contributed by atoms with Crippen molar-refractivity contribution in [2.75, 3.05) is 19.6 Å². The number of halogens is 2. The summed E-state index contributed by atoms with van der Waals surface area (Å²) in [6.07, 6.45) is -1.47. The van der Waals surface area contributed by atoms with E-state index in [1.807, 2.05) is 27.7 Å². The average Bonchev–Trinajstić information content (AvgIpc) is 3.26. The maximum atomic E-state index is 13.0. The quantitative estimate of drug-likeness (QED) is 0.691. The van der Waals surface area contributed by atoms with Gasteiger partial charge in [-0.25, -0.2) is 0 Å². The van der Waals surface area contributed by atoms with Gasteiger partial charge in [0.25, 0.3) is 0 Å². The largest absolute Gasteiger partial charge is 0.433 e. The summed E-state index contributed by atoms with van der Waals surface area (Å²) in [5, 5.41) is 3.96.